The van der Waals surface area contributed by atoms with Crippen molar-refractivity contribution in [2.45, 2.75) is 6.92 Å². The van der Waals surface area contributed by atoms with Crippen LogP contribution in [0.25, 0.3) is 11.3 Å². The lowest BCUT2D eigenvalue weighted by Gasteiger charge is -2.08. The number of hydrogen-bond donors (Lipinski definition) is 1. The molecular formula is C14H15N3O5. The highest BCUT2D eigenvalue weighted by molar-refractivity contribution is 5.97. The van der Waals surface area contributed by atoms with Crippen LogP contribution in [0.5, 0.6) is 5.75 Å². The Morgan fingerprint density at radius 3 is 2.59 bits per heavy atom. The molecule has 0 saturated carbocycles. The fourth-order valence-corrected chi connectivity index (χ4v) is 1.90. The number of benzene rings is 1. The van der Waals surface area contributed by atoms with E-state index in [0.29, 0.717) is 11.3 Å². The fraction of sp³-hybridized carbons (Fsp3) is 0.286. The molecule has 0 radical (unpaired) electrons. The summed E-state index contributed by atoms with van der Waals surface area (Å²) < 4.78 is 14.7. The molecule has 0 bridgehead atoms. The Morgan fingerprint density at radius 1 is 1.18 bits per heavy atom. The minimum absolute atomic E-state index is 0.0443. The number of nitrogens with zero attached hydrogens (tertiary/aromatic N) is 2. The number of H-pyrrole nitrogens is 1. The molecule has 1 aromatic heterocycles. The summed E-state index contributed by atoms with van der Waals surface area (Å²) >= 11 is 0. The van der Waals surface area contributed by atoms with Gasteiger partial charge >= 0.3 is 11.9 Å². The summed E-state index contributed by atoms with van der Waals surface area (Å²) in [7, 11) is 2.72. The lowest BCUT2D eigenvalue weighted by molar-refractivity contribution is 0.0519. The van der Waals surface area contributed by atoms with Crippen LogP contribution < -0.4 is 4.74 Å². The second kappa shape index (κ2) is 6.70. The zero-order valence-corrected chi connectivity index (χ0v) is 12.4. The highest BCUT2D eigenvalue weighted by atomic mass is 16.5. The minimum atomic E-state index is -0.596. The topological polar surface area (TPSA) is 103 Å². The van der Waals surface area contributed by atoms with Crippen molar-refractivity contribution in [2.24, 2.45) is 0 Å². The summed E-state index contributed by atoms with van der Waals surface area (Å²) in [5, 5.41) is 10.1. The van der Waals surface area contributed by atoms with Gasteiger partial charge in [0.2, 0.25) is 0 Å². The normalized spacial score (nSPS) is 10.1. The molecule has 0 amide bonds. The van der Waals surface area contributed by atoms with Crippen molar-refractivity contribution in [1.82, 2.24) is 15.4 Å². The molecule has 0 aliphatic carbocycles. The second-order valence-corrected chi connectivity index (χ2v) is 4.15. The van der Waals surface area contributed by atoms with Gasteiger partial charge in [-0.2, -0.15) is 10.3 Å². The van der Waals surface area contributed by atoms with Gasteiger partial charge in [0.05, 0.1) is 20.8 Å². The number of hydrogen-bond acceptors (Lipinski definition) is 7. The molecule has 0 spiro atoms. The number of aromatic amines is 1. The third-order valence-corrected chi connectivity index (χ3v) is 2.89. The van der Waals surface area contributed by atoms with Crippen molar-refractivity contribution in [3.05, 3.63) is 29.5 Å². The maximum absolute atomic E-state index is 11.8. The van der Waals surface area contributed by atoms with Gasteiger partial charge in [-0.25, -0.2) is 9.59 Å². The summed E-state index contributed by atoms with van der Waals surface area (Å²) in [5.41, 5.74) is 1.06. The Kier molecular flexibility index (Phi) is 4.72. The molecule has 0 atom stereocenters. The summed E-state index contributed by atoms with van der Waals surface area (Å²) in [6.45, 7) is 1.92. The van der Waals surface area contributed by atoms with Crippen molar-refractivity contribution in [2.75, 3.05) is 20.8 Å². The molecule has 0 aliphatic heterocycles. The second-order valence-electron chi connectivity index (χ2n) is 4.15. The average Bonchev–Trinajstić information content (AvgIpc) is 3.03. The maximum atomic E-state index is 11.8. The van der Waals surface area contributed by atoms with Gasteiger partial charge in [-0.3, -0.25) is 0 Å². The van der Waals surface area contributed by atoms with E-state index in [0.717, 1.165) is 0 Å². The monoisotopic (exact) mass is 305 g/mol. The number of rotatable bonds is 5. The number of carbonyl (C=O) groups is 2. The Labute approximate surface area is 126 Å². The van der Waals surface area contributed by atoms with Gasteiger partial charge in [-0.15, -0.1) is 5.10 Å². The zero-order chi connectivity index (χ0) is 16.1. The van der Waals surface area contributed by atoms with Crippen molar-refractivity contribution < 1.29 is 23.8 Å². The first kappa shape index (κ1) is 15.5. The predicted molar refractivity (Wildman–Crippen MR) is 75.7 cm³/mol. The smallest absolute Gasteiger partial charge is 0.361 e. The van der Waals surface area contributed by atoms with Gasteiger partial charge in [-0.1, -0.05) is 0 Å². The molecule has 1 heterocycles. The third-order valence-electron chi connectivity index (χ3n) is 2.89. The summed E-state index contributed by atoms with van der Waals surface area (Å²) in [6, 6.07) is 4.77. The highest BCUT2D eigenvalue weighted by Gasteiger charge is 2.21. The van der Waals surface area contributed by atoms with Crippen molar-refractivity contribution >= 4 is 11.9 Å². The Morgan fingerprint density at radius 2 is 1.95 bits per heavy atom. The van der Waals surface area contributed by atoms with Crippen LogP contribution in [0.1, 0.15) is 27.8 Å². The van der Waals surface area contributed by atoms with E-state index in [4.69, 9.17) is 14.2 Å². The molecule has 8 heteroatoms. The van der Waals surface area contributed by atoms with Gasteiger partial charge in [-0.05, 0) is 25.1 Å². The molecule has 0 saturated heterocycles. The minimum Gasteiger partial charge on any atom is -0.496 e. The molecule has 8 nitrogen and oxygen atoms in total. The van der Waals surface area contributed by atoms with Crippen LogP contribution in [0.4, 0.5) is 0 Å². The lowest BCUT2D eigenvalue weighted by atomic mass is 10.1. The first-order valence-electron chi connectivity index (χ1n) is 6.47. The Balaban J connectivity index is 2.48. The molecule has 1 N–H and O–H groups in total. The Bertz CT molecular complexity index is 696. The zero-order valence-electron chi connectivity index (χ0n) is 12.4. The van der Waals surface area contributed by atoms with E-state index in [1.807, 2.05) is 0 Å². The van der Waals surface area contributed by atoms with E-state index in [1.54, 1.807) is 19.1 Å². The van der Waals surface area contributed by atoms with Crippen LogP contribution in [0, 0.1) is 0 Å². The van der Waals surface area contributed by atoms with E-state index in [9.17, 15) is 9.59 Å². The van der Waals surface area contributed by atoms with Crippen LogP contribution in [0.3, 0.4) is 0 Å². The van der Waals surface area contributed by atoms with Crippen LogP contribution in [0.15, 0.2) is 18.2 Å². The molecule has 1 aromatic carbocycles. The number of esters is 2. The highest BCUT2D eigenvalue weighted by Crippen LogP contribution is 2.27. The van der Waals surface area contributed by atoms with Gasteiger partial charge in [0.1, 0.15) is 17.0 Å². The number of methoxy groups -OCH3 is 2. The van der Waals surface area contributed by atoms with Gasteiger partial charge in [0, 0.05) is 5.56 Å². The summed E-state index contributed by atoms with van der Waals surface area (Å²) in [6.07, 6.45) is 0. The van der Waals surface area contributed by atoms with E-state index in [2.05, 4.69) is 15.4 Å². The fourth-order valence-electron chi connectivity index (χ4n) is 1.90. The first-order chi connectivity index (χ1) is 10.6. The van der Waals surface area contributed by atoms with E-state index < -0.39 is 11.9 Å². The SMILES string of the molecule is CCOC(=O)c1n[nH]nc1-c1ccc(OC)c(C(=O)OC)c1. The molecule has 116 valence electrons. The molecule has 0 fully saturated rings. The number of ether oxygens (including phenoxy) is 3. The van der Waals surface area contributed by atoms with Crippen molar-refractivity contribution in [1.29, 1.82) is 0 Å². The number of carbonyl (C=O) groups excluding carboxylic acids is 2. The standard InChI is InChI=1S/C14H15N3O5/c1-4-22-14(19)12-11(15-17-16-12)8-5-6-10(20-2)9(7-8)13(18)21-3/h5-7H,4H2,1-3H3,(H,15,16,17). The molecule has 2 aromatic rings. The predicted octanol–water partition coefficient (Wildman–Crippen LogP) is 1.44. The van der Waals surface area contributed by atoms with E-state index in [1.165, 1.54) is 20.3 Å². The van der Waals surface area contributed by atoms with E-state index in [-0.39, 0.29) is 23.6 Å². The quantitative estimate of drug-likeness (QED) is 0.833. The number of nitrogens with one attached hydrogen (secondary N) is 1. The van der Waals surface area contributed by atoms with Crippen LogP contribution in [-0.4, -0.2) is 48.2 Å². The van der Waals surface area contributed by atoms with Crippen LogP contribution in [-0.2, 0) is 9.47 Å². The van der Waals surface area contributed by atoms with E-state index >= 15 is 0 Å². The van der Waals surface area contributed by atoms with Crippen molar-refractivity contribution in [3.8, 4) is 17.0 Å². The van der Waals surface area contributed by atoms with Gasteiger partial charge in [0.15, 0.2) is 5.69 Å². The summed E-state index contributed by atoms with van der Waals surface area (Å²) in [5.74, 6) is -0.793. The van der Waals surface area contributed by atoms with Crippen LogP contribution >= 0.6 is 0 Å². The molecule has 0 aliphatic rings. The molecule has 2 rings (SSSR count). The lowest BCUT2D eigenvalue weighted by Crippen LogP contribution is -2.08. The summed E-state index contributed by atoms with van der Waals surface area (Å²) in [4.78, 5) is 23.6. The third kappa shape index (κ3) is 2.90. The molecule has 0 unspecified atom stereocenters. The van der Waals surface area contributed by atoms with Gasteiger partial charge in [0.25, 0.3) is 0 Å². The Hall–Kier alpha value is -2.90. The molecule has 22 heavy (non-hydrogen) atoms. The largest absolute Gasteiger partial charge is 0.496 e. The molecular weight excluding hydrogens is 290 g/mol. The van der Waals surface area contributed by atoms with Crippen molar-refractivity contribution in [3.63, 3.8) is 0 Å². The maximum Gasteiger partial charge on any atom is 0.361 e. The van der Waals surface area contributed by atoms with Crippen LogP contribution in [0.2, 0.25) is 0 Å². The average molecular weight is 305 g/mol. The van der Waals surface area contributed by atoms with Gasteiger partial charge < -0.3 is 14.2 Å². The first-order valence-corrected chi connectivity index (χ1v) is 6.47. The number of aromatic nitrogens is 3.